The van der Waals surface area contributed by atoms with Crippen LogP contribution >= 0.6 is 23.4 Å². The molecule has 2 N–H and O–H groups in total. The lowest BCUT2D eigenvalue weighted by Crippen LogP contribution is -2.49. The summed E-state index contributed by atoms with van der Waals surface area (Å²) in [6.07, 6.45) is 4.98. The standard InChI is InChI=1S/C28H36ClN3O5S/c1-16-11-23(38-4)21(27(34)31-16)13-30-26(33)20-12-22(29)25-24(17(20)2)36-28(3,37-25)19-5-8-32(9-6-19)14-18-7-10-35-15-18/h11-12,18-19H,5-10,13-15H2,1-4H3,(H,30,33)(H,31,34)/t18-,28+/m0/s1. The van der Waals surface area contributed by atoms with Gasteiger partial charge in [-0.15, -0.1) is 11.8 Å². The van der Waals surface area contributed by atoms with Crippen molar-refractivity contribution in [3.8, 4) is 11.5 Å². The van der Waals surface area contributed by atoms with Crippen LogP contribution in [0.1, 0.15) is 53.4 Å². The lowest BCUT2D eigenvalue weighted by molar-refractivity contribution is -0.125. The summed E-state index contributed by atoms with van der Waals surface area (Å²) in [6, 6.07) is 3.53. The zero-order valence-electron chi connectivity index (χ0n) is 22.4. The monoisotopic (exact) mass is 561 g/mol. The van der Waals surface area contributed by atoms with Crippen molar-refractivity contribution in [3.05, 3.63) is 49.9 Å². The lowest BCUT2D eigenvalue weighted by Gasteiger charge is -2.39. The highest BCUT2D eigenvalue weighted by Crippen LogP contribution is 2.51. The predicted octanol–water partition coefficient (Wildman–Crippen LogP) is 4.53. The number of pyridine rings is 1. The molecule has 0 saturated carbocycles. The number of ether oxygens (including phenoxy) is 3. The molecule has 2 fully saturated rings. The Morgan fingerprint density at radius 1 is 1.21 bits per heavy atom. The number of hydrogen-bond donors (Lipinski definition) is 2. The first kappa shape index (κ1) is 27.4. The molecule has 5 rings (SSSR count). The van der Waals surface area contributed by atoms with E-state index in [1.165, 1.54) is 11.8 Å². The van der Waals surface area contributed by atoms with Crippen molar-refractivity contribution in [2.24, 2.45) is 11.8 Å². The van der Waals surface area contributed by atoms with E-state index in [1.54, 1.807) is 6.07 Å². The molecule has 10 heteroatoms. The van der Waals surface area contributed by atoms with Crippen LogP contribution in [0.15, 0.2) is 21.8 Å². The van der Waals surface area contributed by atoms with Gasteiger partial charge >= 0.3 is 0 Å². The maximum atomic E-state index is 13.2. The van der Waals surface area contributed by atoms with E-state index in [0.29, 0.717) is 39.1 Å². The Bertz CT molecular complexity index is 1270. The molecule has 4 heterocycles. The minimum atomic E-state index is -0.836. The van der Waals surface area contributed by atoms with Gasteiger partial charge in [0.1, 0.15) is 0 Å². The fraction of sp³-hybridized carbons (Fsp3) is 0.571. The topological polar surface area (TPSA) is 92.9 Å². The first-order valence-corrected chi connectivity index (χ1v) is 14.8. The quantitative estimate of drug-likeness (QED) is 0.480. The number of thioether (sulfide) groups is 1. The maximum Gasteiger partial charge on any atom is 0.254 e. The van der Waals surface area contributed by atoms with Gasteiger partial charge in [-0.05, 0) is 70.5 Å². The Hall–Kier alpha value is -2.20. The second kappa shape index (κ2) is 11.1. The third-order valence-electron chi connectivity index (χ3n) is 8.04. The molecule has 0 aliphatic carbocycles. The fourth-order valence-electron chi connectivity index (χ4n) is 5.78. The molecule has 1 amide bonds. The van der Waals surface area contributed by atoms with Crippen LogP contribution in [0.5, 0.6) is 11.5 Å². The minimum absolute atomic E-state index is 0.111. The normalized spacial score (nSPS) is 23.7. The van der Waals surface area contributed by atoms with Crippen LogP contribution < -0.4 is 20.3 Å². The molecule has 38 heavy (non-hydrogen) atoms. The molecule has 206 valence electrons. The van der Waals surface area contributed by atoms with Crippen molar-refractivity contribution in [2.75, 3.05) is 39.1 Å². The Morgan fingerprint density at radius 3 is 2.63 bits per heavy atom. The highest BCUT2D eigenvalue weighted by Gasteiger charge is 2.47. The highest BCUT2D eigenvalue weighted by atomic mass is 35.5. The zero-order chi connectivity index (χ0) is 27.0. The number of H-pyrrole nitrogens is 1. The van der Waals surface area contributed by atoms with Gasteiger partial charge in [-0.1, -0.05) is 11.6 Å². The van der Waals surface area contributed by atoms with Crippen molar-refractivity contribution < 1.29 is 19.0 Å². The summed E-state index contributed by atoms with van der Waals surface area (Å²) in [7, 11) is 0. The number of piperidine rings is 1. The molecule has 0 unspecified atom stereocenters. The van der Waals surface area contributed by atoms with Gasteiger partial charge in [0.2, 0.25) is 0 Å². The number of aromatic nitrogens is 1. The summed E-state index contributed by atoms with van der Waals surface area (Å²) in [5.41, 5.74) is 2.19. The molecule has 1 aromatic heterocycles. The van der Waals surface area contributed by atoms with E-state index >= 15 is 0 Å². The van der Waals surface area contributed by atoms with E-state index in [-0.39, 0.29) is 23.9 Å². The average Bonchev–Trinajstić information content (AvgIpc) is 3.54. The molecule has 0 bridgehead atoms. The van der Waals surface area contributed by atoms with Crippen LogP contribution in [0.3, 0.4) is 0 Å². The first-order chi connectivity index (χ1) is 18.2. The summed E-state index contributed by atoms with van der Waals surface area (Å²) >= 11 is 8.10. The first-order valence-electron chi connectivity index (χ1n) is 13.2. The smallest absolute Gasteiger partial charge is 0.254 e. The molecule has 2 atom stereocenters. The van der Waals surface area contributed by atoms with Crippen molar-refractivity contribution in [1.82, 2.24) is 15.2 Å². The summed E-state index contributed by atoms with van der Waals surface area (Å²) in [4.78, 5) is 31.9. The van der Waals surface area contributed by atoms with E-state index in [4.69, 9.17) is 25.8 Å². The van der Waals surface area contributed by atoms with Crippen LogP contribution in [0.2, 0.25) is 5.02 Å². The molecule has 3 aliphatic rings. The Balaban J connectivity index is 1.27. The fourth-order valence-corrected chi connectivity index (χ4v) is 6.72. The molecule has 1 aromatic carbocycles. The summed E-state index contributed by atoms with van der Waals surface area (Å²) in [5, 5.41) is 3.23. The number of nitrogens with one attached hydrogen (secondary N) is 2. The molecule has 8 nitrogen and oxygen atoms in total. The van der Waals surface area contributed by atoms with Crippen molar-refractivity contribution in [2.45, 2.75) is 57.3 Å². The van der Waals surface area contributed by atoms with Crippen LogP contribution in [0.25, 0.3) is 0 Å². The number of carbonyl (C=O) groups excluding carboxylic acids is 1. The van der Waals surface area contributed by atoms with Gasteiger partial charge in [0.05, 0.1) is 11.6 Å². The Labute approximate surface area is 232 Å². The number of amides is 1. The summed E-state index contributed by atoms with van der Waals surface area (Å²) < 4.78 is 18.4. The van der Waals surface area contributed by atoms with E-state index in [0.717, 1.165) is 62.7 Å². The number of carbonyl (C=O) groups is 1. The number of nitrogens with zero attached hydrogens (tertiary/aromatic N) is 1. The van der Waals surface area contributed by atoms with E-state index in [9.17, 15) is 9.59 Å². The van der Waals surface area contributed by atoms with Gasteiger partial charge in [-0.25, -0.2) is 0 Å². The van der Waals surface area contributed by atoms with E-state index < -0.39 is 5.79 Å². The number of rotatable bonds is 7. The van der Waals surface area contributed by atoms with Crippen LogP contribution in [-0.4, -0.2) is 60.7 Å². The zero-order valence-corrected chi connectivity index (χ0v) is 24.0. The van der Waals surface area contributed by atoms with Crippen molar-refractivity contribution in [1.29, 1.82) is 0 Å². The number of fused-ring (bicyclic) bond motifs is 1. The van der Waals surface area contributed by atoms with Gasteiger partial charge in [0.25, 0.3) is 17.3 Å². The third-order valence-corrected chi connectivity index (χ3v) is 9.12. The number of benzene rings is 1. The summed E-state index contributed by atoms with van der Waals surface area (Å²) in [5.74, 6) is 0.698. The van der Waals surface area contributed by atoms with Crippen molar-refractivity contribution >= 4 is 29.3 Å². The number of hydrogen-bond acceptors (Lipinski definition) is 7. The van der Waals surface area contributed by atoms with Gasteiger partial charge < -0.3 is 29.4 Å². The molecular weight excluding hydrogens is 526 g/mol. The molecule has 2 aromatic rings. The van der Waals surface area contributed by atoms with Gasteiger partial charge in [-0.2, -0.15) is 0 Å². The molecule has 0 spiro atoms. The Kier molecular flexibility index (Phi) is 8.01. The summed E-state index contributed by atoms with van der Waals surface area (Å²) in [6.45, 7) is 10.6. The van der Waals surface area contributed by atoms with Gasteiger partial charge in [-0.3, -0.25) is 9.59 Å². The second-order valence-electron chi connectivity index (χ2n) is 10.7. The molecule has 3 aliphatic heterocycles. The van der Waals surface area contributed by atoms with E-state index in [2.05, 4.69) is 15.2 Å². The number of aryl methyl sites for hydroxylation is 1. The molecule has 0 radical (unpaired) electrons. The van der Waals surface area contributed by atoms with Crippen molar-refractivity contribution in [3.63, 3.8) is 0 Å². The maximum absolute atomic E-state index is 13.2. The lowest BCUT2D eigenvalue weighted by atomic mass is 9.88. The van der Waals surface area contributed by atoms with Gasteiger partial charge in [0.15, 0.2) is 11.5 Å². The second-order valence-corrected chi connectivity index (χ2v) is 12.0. The van der Waals surface area contributed by atoms with Gasteiger partial charge in [0, 0.05) is 59.8 Å². The molecule has 2 saturated heterocycles. The predicted molar refractivity (Wildman–Crippen MR) is 149 cm³/mol. The van der Waals surface area contributed by atoms with Crippen LogP contribution in [0.4, 0.5) is 0 Å². The average molecular weight is 562 g/mol. The highest BCUT2D eigenvalue weighted by molar-refractivity contribution is 7.98. The number of halogens is 1. The number of likely N-dealkylation sites (tertiary alicyclic amines) is 1. The van der Waals surface area contributed by atoms with Crippen LogP contribution in [-0.2, 0) is 11.3 Å². The van der Waals surface area contributed by atoms with Crippen LogP contribution in [0, 0.1) is 25.7 Å². The SMILES string of the molecule is CSc1cc(C)[nH]c(=O)c1CNC(=O)c1cc(Cl)c2c(c1C)O[C@@](C)(C1CCN(C[C@@H]3CCOC3)CC1)O2. The molecular formula is C28H36ClN3O5S. The number of aromatic amines is 1. The Morgan fingerprint density at radius 2 is 1.95 bits per heavy atom. The third kappa shape index (κ3) is 5.43. The largest absolute Gasteiger partial charge is 0.448 e. The van der Waals surface area contributed by atoms with E-state index in [1.807, 2.05) is 33.1 Å². The minimum Gasteiger partial charge on any atom is -0.448 e.